The molecule has 0 aliphatic carbocycles. The molecule has 0 atom stereocenters. The van der Waals surface area contributed by atoms with Gasteiger partial charge in [0.15, 0.2) is 0 Å². The Morgan fingerprint density at radius 1 is 1.06 bits per heavy atom. The van der Waals surface area contributed by atoms with E-state index in [-0.39, 0.29) is 11.4 Å². The summed E-state index contributed by atoms with van der Waals surface area (Å²) in [5.74, 6) is 0.255. The third kappa shape index (κ3) is 4.09. The lowest BCUT2D eigenvalue weighted by Gasteiger charge is -2.19. The molecule has 1 aliphatic rings. The van der Waals surface area contributed by atoms with Gasteiger partial charge < -0.3 is 4.74 Å². The monoisotopic (exact) mass is 443 g/mol. The van der Waals surface area contributed by atoms with Crippen LogP contribution in [0, 0.1) is 0 Å². The number of aromatic nitrogens is 3. The van der Waals surface area contributed by atoms with Crippen molar-refractivity contribution in [2.75, 3.05) is 16.3 Å². The number of imide groups is 1. The van der Waals surface area contributed by atoms with Gasteiger partial charge in [-0.3, -0.25) is 14.7 Å². The molecule has 0 saturated carbocycles. The summed E-state index contributed by atoms with van der Waals surface area (Å²) in [7, 11) is 0. The van der Waals surface area contributed by atoms with Gasteiger partial charge in [0.25, 0.3) is 5.91 Å². The Balaban J connectivity index is 1.62. The molecule has 3 amide bonds. The number of anilines is 2. The molecule has 1 aliphatic heterocycles. The number of hydrogen-bond acceptors (Lipinski definition) is 6. The Morgan fingerprint density at radius 3 is 2.56 bits per heavy atom. The van der Waals surface area contributed by atoms with Gasteiger partial charge in [-0.15, -0.1) is 0 Å². The van der Waals surface area contributed by atoms with Crippen molar-refractivity contribution >= 4 is 23.3 Å². The van der Waals surface area contributed by atoms with Gasteiger partial charge in [-0.05, 0) is 36.2 Å². The Hall–Kier alpha value is -4.02. The fourth-order valence-electron chi connectivity index (χ4n) is 3.22. The van der Waals surface area contributed by atoms with E-state index in [4.69, 9.17) is 4.74 Å². The number of pyridine rings is 1. The maximum absolute atomic E-state index is 13.0. The SMILES string of the molecule is CCc1cc(N2C(=O)CN(c3cncc(C(F)(F)F)c3)C2=O)ccc1Oc1ccncn1. The molecule has 1 fully saturated rings. The van der Waals surface area contributed by atoms with Crippen LogP contribution in [0.4, 0.5) is 29.3 Å². The molecular weight excluding hydrogens is 427 g/mol. The Kier molecular flexibility index (Phi) is 5.47. The van der Waals surface area contributed by atoms with Crippen molar-refractivity contribution in [1.29, 1.82) is 0 Å². The molecule has 1 aromatic carbocycles. The van der Waals surface area contributed by atoms with Crippen molar-refractivity contribution in [3.8, 4) is 11.6 Å². The Labute approximate surface area is 180 Å². The van der Waals surface area contributed by atoms with Crippen LogP contribution in [0.5, 0.6) is 11.6 Å². The minimum atomic E-state index is -4.62. The normalized spacial score (nSPS) is 14.2. The molecule has 4 rings (SSSR count). The molecule has 0 radical (unpaired) electrons. The van der Waals surface area contributed by atoms with Gasteiger partial charge in [-0.2, -0.15) is 13.2 Å². The van der Waals surface area contributed by atoms with Gasteiger partial charge in [0.05, 0.1) is 23.1 Å². The first kappa shape index (κ1) is 21.2. The predicted molar refractivity (Wildman–Crippen MR) is 107 cm³/mol. The fraction of sp³-hybridized carbons (Fsp3) is 0.190. The molecule has 2 aromatic heterocycles. The molecule has 1 saturated heterocycles. The van der Waals surface area contributed by atoms with Gasteiger partial charge in [0, 0.05) is 18.5 Å². The van der Waals surface area contributed by atoms with Crippen molar-refractivity contribution in [2.24, 2.45) is 0 Å². The molecule has 0 N–H and O–H groups in total. The van der Waals surface area contributed by atoms with E-state index in [0.717, 1.165) is 22.1 Å². The minimum absolute atomic E-state index is 0.111. The summed E-state index contributed by atoms with van der Waals surface area (Å²) in [4.78, 5) is 38.8. The first-order valence-electron chi connectivity index (χ1n) is 9.51. The lowest BCUT2D eigenvalue weighted by molar-refractivity contribution is -0.137. The van der Waals surface area contributed by atoms with Gasteiger partial charge in [0.1, 0.15) is 18.6 Å². The third-order valence-electron chi connectivity index (χ3n) is 4.78. The average Bonchev–Trinajstić information content (AvgIpc) is 3.08. The molecule has 3 heterocycles. The van der Waals surface area contributed by atoms with Crippen molar-refractivity contribution < 1.29 is 27.5 Å². The molecule has 0 bridgehead atoms. The number of amides is 3. The highest BCUT2D eigenvalue weighted by Crippen LogP contribution is 2.34. The number of alkyl halides is 3. The van der Waals surface area contributed by atoms with Gasteiger partial charge in [0.2, 0.25) is 5.88 Å². The number of aryl methyl sites for hydroxylation is 1. The fourth-order valence-corrected chi connectivity index (χ4v) is 3.22. The Morgan fingerprint density at radius 2 is 1.88 bits per heavy atom. The standard InChI is InChI=1S/C21H16F3N5O3/c1-2-13-7-15(3-4-17(13)32-18-5-6-25-12-27-18)29-19(30)11-28(20(29)31)16-8-14(9-26-10-16)21(22,23)24/h3-10,12H,2,11H2,1H3. The largest absolute Gasteiger partial charge is 0.439 e. The van der Waals surface area contributed by atoms with Gasteiger partial charge in [-0.1, -0.05) is 6.92 Å². The van der Waals surface area contributed by atoms with E-state index in [2.05, 4.69) is 15.0 Å². The number of rotatable bonds is 5. The van der Waals surface area contributed by atoms with Crippen LogP contribution in [0.25, 0.3) is 0 Å². The van der Waals surface area contributed by atoms with Crippen molar-refractivity contribution in [3.05, 3.63) is 66.4 Å². The third-order valence-corrected chi connectivity index (χ3v) is 4.78. The molecule has 32 heavy (non-hydrogen) atoms. The number of halogens is 3. The number of urea groups is 1. The van der Waals surface area contributed by atoms with Gasteiger partial charge in [-0.25, -0.2) is 19.7 Å². The summed E-state index contributed by atoms with van der Waals surface area (Å²) >= 11 is 0. The van der Waals surface area contributed by atoms with Crippen molar-refractivity contribution in [1.82, 2.24) is 15.0 Å². The summed E-state index contributed by atoms with van der Waals surface area (Å²) in [6.07, 6.45) is 0.555. The number of benzene rings is 1. The summed E-state index contributed by atoms with van der Waals surface area (Å²) in [5, 5.41) is 0. The maximum atomic E-state index is 13.0. The van der Waals surface area contributed by atoms with Crippen LogP contribution in [-0.2, 0) is 17.4 Å². The minimum Gasteiger partial charge on any atom is -0.439 e. The molecule has 164 valence electrons. The zero-order valence-corrected chi connectivity index (χ0v) is 16.7. The molecule has 3 aromatic rings. The summed E-state index contributed by atoms with van der Waals surface area (Å²) in [5.41, 5.74) is -0.122. The van der Waals surface area contributed by atoms with Crippen molar-refractivity contribution in [2.45, 2.75) is 19.5 Å². The van der Waals surface area contributed by atoms with Crippen molar-refractivity contribution in [3.63, 3.8) is 0 Å². The molecule has 0 unspecified atom stereocenters. The van der Waals surface area contributed by atoms with Crippen LogP contribution in [-0.4, -0.2) is 33.4 Å². The number of hydrogen-bond donors (Lipinski definition) is 0. The average molecular weight is 443 g/mol. The van der Waals surface area contributed by atoms with Crippen LogP contribution in [0.2, 0.25) is 0 Å². The van der Waals surface area contributed by atoms with E-state index in [0.29, 0.717) is 29.8 Å². The van der Waals surface area contributed by atoms with Crippen LogP contribution >= 0.6 is 0 Å². The first-order chi connectivity index (χ1) is 15.3. The van der Waals surface area contributed by atoms with E-state index in [1.54, 1.807) is 18.2 Å². The van der Waals surface area contributed by atoms with Crippen LogP contribution in [0.1, 0.15) is 18.1 Å². The summed E-state index contributed by atoms with van der Waals surface area (Å²) in [6, 6.07) is 6.37. The van der Waals surface area contributed by atoms with E-state index >= 15 is 0 Å². The second-order valence-electron chi connectivity index (χ2n) is 6.82. The predicted octanol–water partition coefficient (Wildman–Crippen LogP) is 4.22. The summed E-state index contributed by atoms with van der Waals surface area (Å²) < 4.78 is 44.8. The number of carbonyl (C=O) groups is 2. The number of ether oxygens (including phenoxy) is 1. The number of nitrogens with zero attached hydrogens (tertiary/aromatic N) is 5. The summed E-state index contributed by atoms with van der Waals surface area (Å²) in [6.45, 7) is 1.47. The van der Waals surface area contributed by atoms with Gasteiger partial charge >= 0.3 is 12.2 Å². The first-order valence-corrected chi connectivity index (χ1v) is 9.51. The van der Waals surface area contributed by atoms with Crippen LogP contribution in [0.15, 0.2) is 55.2 Å². The van der Waals surface area contributed by atoms with Crippen LogP contribution < -0.4 is 14.5 Å². The molecule has 0 spiro atoms. The quantitative estimate of drug-likeness (QED) is 0.549. The maximum Gasteiger partial charge on any atom is 0.417 e. The van der Waals surface area contributed by atoms with E-state index in [9.17, 15) is 22.8 Å². The second kappa shape index (κ2) is 8.25. The topological polar surface area (TPSA) is 88.5 Å². The van der Waals surface area contributed by atoms with E-state index in [1.165, 1.54) is 18.6 Å². The highest BCUT2D eigenvalue weighted by Gasteiger charge is 2.39. The lowest BCUT2D eigenvalue weighted by atomic mass is 10.1. The second-order valence-corrected chi connectivity index (χ2v) is 6.82. The zero-order chi connectivity index (χ0) is 22.9. The Bertz CT molecular complexity index is 1170. The van der Waals surface area contributed by atoms with E-state index in [1.807, 2.05) is 6.92 Å². The number of carbonyl (C=O) groups excluding carboxylic acids is 2. The van der Waals surface area contributed by atoms with E-state index < -0.39 is 30.2 Å². The smallest absolute Gasteiger partial charge is 0.417 e. The molecule has 11 heteroatoms. The zero-order valence-electron chi connectivity index (χ0n) is 16.7. The lowest BCUT2D eigenvalue weighted by Crippen LogP contribution is -2.33. The highest BCUT2D eigenvalue weighted by atomic mass is 19.4. The van der Waals surface area contributed by atoms with Crippen LogP contribution in [0.3, 0.4) is 0 Å². The molecule has 8 nitrogen and oxygen atoms in total. The molecular formula is C21H16F3N5O3. The highest BCUT2D eigenvalue weighted by molar-refractivity contribution is 6.26.